The highest BCUT2D eigenvalue weighted by atomic mass is 16.2. The predicted molar refractivity (Wildman–Crippen MR) is 61.2 cm³/mol. The van der Waals surface area contributed by atoms with Gasteiger partial charge in [-0.2, -0.15) is 5.10 Å². The summed E-state index contributed by atoms with van der Waals surface area (Å²) in [6.07, 6.45) is 1.79. The summed E-state index contributed by atoms with van der Waals surface area (Å²) < 4.78 is 1.65. The van der Waals surface area contributed by atoms with Crippen LogP contribution < -0.4 is 5.32 Å². The van der Waals surface area contributed by atoms with Gasteiger partial charge in [0.05, 0.1) is 0 Å². The molecule has 0 aromatic carbocycles. The maximum absolute atomic E-state index is 12.1. The molecule has 1 fully saturated rings. The van der Waals surface area contributed by atoms with Gasteiger partial charge in [-0.1, -0.05) is 0 Å². The minimum Gasteiger partial charge on any atom is -0.334 e. The van der Waals surface area contributed by atoms with Crippen LogP contribution >= 0.6 is 0 Å². The highest BCUT2D eigenvalue weighted by Crippen LogP contribution is 2.12. The van der Waals surface area contributed by atoms with Crippen molar-refractivity contribution in [1.29, 1.82) is 0 Å². The molecular weight excluding hydrogens is 204 g/mol. The van der Waals surface area contributed by atoms with Crippen molar-refractivity contribution in [2.45, 2.75) is 19.4 Å². The van der Waals surface area contributed by atoms with E-state index in [1.807, 2.05) is 11.9 Å². The van der Waals surface area contributed by atoms with Gasteiger partial charge < -0.3 is 10.2 Å². The van der Waals surface area contributed by atoms with E-state index in [9.17, 15) is 4.79 Å². The monoisotopic (exact) mass is 222 g/mol. The Hall–Kier alpha value is -1.36. The summed E-state index contributed by atoms with van der Waals surface area (Å²) in [5, 5.41) is 7.52. The molecule has 1 aliphatic rings. The van der Waals surface area contributed by atoms with Gasteiger partial charge in [-0.25, -0.2) is 0 Å². The summed E-state index contributed by atoms with van der Waals surface area (Å²) in [5.74, 6) is 0.0233. The third-order valence-corrected chi connectivity index (χ3v) is 2.79. The first-order chi connectivity index (χ1) is 7.48. The number of nitrogens with one attached hydrogen (secondary N) is 1. The molecule has 5 nitrogen and oxygen atoms in total. The van der Waals surface area contributed by atoms with E-state index in [1.165, 1.54) is 0 Å². The van der Waals surface area contributed by atoms with Gasteiger partial charge in [0.2, 0.25) is 0 Å². The zero-order valence-electron chi connectivity index (χ0n) is 10.0. The molecule has 1 amide bonds. The number of hydrogen-bond donors (Lipinski definition) is 1. The van der Waals surface area contributed by atoms with Crippen LogP contribution in [0.5, 0.6) is 0 Å². The number of piperazine rings is 1. The van der Waals surface area contributed by atoms with Gasteiger partial charge in [0.25, 0.3) is 5.91 Å². The molecule has 1 saturated heterocycles. The van der Waals surface area contributed by atoms with Crippen molar-refractivity contribution in [3.05, 3.63) is 18.0 Å². The molecule has 0 atom stereocenters. The fourth-order valence-electron chi connectivity index (χ4n) is 2.01. The number of nitrogens with zero attached hydrogens (tertiary/aromatic N) is 3. The first-order valence-electron chi connectivity index (χ1n) is 5.52. The molecule has 1 aromatic rings. The van der Waals surface area contributed by atoms with Crippen molar-refractivity contribution in [2.24, 2.45) is 7.05 Å². The predicted octanol–water partition coefficient (Wildman–Crippen LogP) is 0.244. The molecule has 0 aliphatic carbocycles. The molecule has 1 aliphatic heterocycles. The summed E-state index contributed by atoms with van der Waals surface area (Å²) in [5.41, 5.74) is 0.517. The number of hydrogen-bond acceptors (Lipinski definition) is 3. The minimum atomic E-state index is -0.0112. The van der Waals surface area contributed by atoms with Crippen LogP contribution in [0, 0.1) is 0 Å². The second kappa shape index (κ2) is 3.90. The summed E-state index contributed by atoms with van der Waals surface area (Å²) in [4.78, 5) is 14.0. The fourth-order valence-corrected chi connectivity index (χ4v) is 2.01. The maximum atomic E-state index is 12.1. The van der Waals surface area contributed by atoms with Crippen LogP contribution in [0.4, 0.5) is 0 Å². The first-order valence-corrected chi connectivity index (χ1v) is 5.52. The van der Waals surface area contributed by atoms with Crippen molar-refractivity contribution >= 4 is 5.91 Å². The number of carbonyl (C=O) groups is 1. The zero-order valence-corrected chi connectivity index (χ0v) is 10.0. The van der Waals surface area contributed by atoms with E-state index in [2.05, 4.69) is 24.3 Å². The quantitative estimate of drug-likeness (QED) is 0.740. The second-order valence-electron chi connectivity index (χ2n) is 4.91. The van der Waals surface area contributed by atoms with Gasteiger partial charge in [-0.15, -0.1) is 0 Å². The molecule has 16 heavy (non-hydrogen) atoms. The Morgan fingerprint density at radius 1 is 1.56 bits per heavy atom. The SMILES string of the molecule is Cn1ccc(C(=O)N2CCNC(C)(C)C2)n1. The molecule has 0 unspecified atom stereocenters. The van der Waals surface area contributed by atoms with Gasteiger partial charge in [-0.3, -0.25) is 9.48 Å². The Balaban J connectivity index is 2.10. The molecule has 1 N–H and O–H groups in total. The molecule has 0 bridgehead atoms. The smallest absolute Gasteiger partial charge is 0.274 e. The number of aryl methyl sites for hydroxylation is 1. The maximum Gasteiger partial charge on any atom is 0.274 e. The number of amides is 1. The lowest BCUT2D eigenvalue weighted by atomic mass is 10.0. The highest BCUT2D eigenvalue weighted by molar-refractivity contribution is 5.92. The van der Waals surface area contributed by atoms with Crippen LogP contribution in [0.15, 0.2) is 12.3 Å². The lowest BCUT2D eigenvalue weighted by Gasteiger charge is -2.38. The first kappa shape index (κ1) is 11.1. The fraction of sp³-hybridized carbons (Fsp3) is 0.636. The van der Waals surface area contributed by atoms with Crippen molar-refractivity contribution in [1.82, 2.24) is 20.0 Å². The Morgan fingerprint density at radius 3 is 2.88 bits per heavy atom. The van der Waals surface area contributed by atoms with Crippen LogP contribution in [-0.4, -0.2) is 45.8 Å². The van der Waals surface area contributed by atoms with E-state index in [0.717, 1.165) is 19.6 Å². The lowest BCUT2D eigenvalue weighted by molar-refractivity contribution is 0.0645. The molecular formula is C11H18N4O. The topological polar surface area (TPSA) is 50.2 Å². The van der Waals surface area contributed by atoms with Gasteiger partial charge >= 0.3 is 0 Å². The Morgan fingerprint density at radius 2 is 2.31 bits per heavy atom. The Labute approximate surface area is 95.4 Å². The van der Waals surface area contributed by atoms with Crippen LogP contribution in [0.1, 0.15) is 24.3 Å². The molecule has 0 radical (unpaired) electrons. The average Bonchev–Trinajstić information content (AvgIpc) is 2.62. The summed E-state index contributed by atoms with van der Waals surface area (Å²) in [6, 6.07) is 1.76. The van der Waals surface area contributed by atoms with Crippen molar-refractivity contribution in [3.63, 3.8) is 0 Å². The van der Waals surface area contributed by atoms with Crippen molar-refractivity contribution < 1.29 is 4.79 Å². The third-order valence-electron chi connectivity index (χ3n) is 2.79. The number of carbonyl (C=O) groups excluding carboxylic acids is 1. The summed E-state index contributed by atoms with van der Waals surface area (Å²) in [6.45, 7) is 6.52. The number of rotatable bonds is 1. The summed E-state index contributed by atoms with van der Waals surface area (Å²) >= 11 is 0. The lowest BCUT2D eigenvalue weighted by Crippen LogP contribution is -2.58. The highest BCUT2D eigenvalue weighted by Gasteiger charge is 2.29. The average molecular weight is 222 g/mol. The molecule has 0 saturated carbocycles. The van der Waals surface area contributed by atoms with E-state index in [-0.39, 0.29) is 11.4 Å². The van der Waals surface area contributed by atoms with Crippen LogP contribution in [-0.2, 0) is 7.05 Å². The zero-order chi connectivity index (χ0) is 11.8. The largest absolute Gasteiger partial charge is 0.334 e. The molecule has 0 spiro atoms. The van der Waals surface area contributed by atoms with Crippen LogP contribution in [0.2, 0.25) is 0 Å². The van der Waals surface area contributed by atoms with Gasteiger partial charge in [0, 0.05) is 38.4 Å². The second-order valence-corrected chi connectivity index (χ2v) is 4.91. The summed E-state index contributed by atoms with van der Waals surface area (Å²) in [7, 11) is 1.82. The van der Waals surface area contributed by atoms with E-state index < -0.39 is 0 Å². The van der Waals surface area contributed by atoms with Gasteiger partial charge in [-0.05, 0) is 19.9 Å². The normalized spacial score (nSPS) is 19.8. The molecule has 1 aromatic heterocycles. The van der Waals surface area contributed by atoms with E-state index in [4.69, 9.17) is 0 Å². The van der Waals surface area contributed by atoms with Gasteiger partial charge in [0.1, 0.15) is 5.69 Å². The van der Waals surface area contributed by atoms with Crippen molar-refractivity contribution in [2.75, 3.05) is 19.6 Å². The van der Waals surface area contributed by atoms with E-state index in [0.29, 0.717) is 5.69 Å². The van der Waals surface area contributed by atoms with Crippen LogP contribution in [0.25, 0.3) is 0 Å². The Kier molecular flexibility index (Phi) is 2.71. The van der Waals surface area contributed by atoms with Crippen LogP contribution in [0.3, 0.4) is 0 Å². The molecule has 2 rings (SSSR count). The van der Waals surface area contributed by atoms with Crippen molar-refractivity contribution in [3.8, 4) is 0 Å². The van der Waals surface area contributed by atoms with E-state index >= 15 is 0 Å². The molecule has 5 heteroatoms. The van der Waals surface area contributed by atoms with Gasteiger partial charge in [0.15, 0.2) is 0 Å². The standard InChI is InChI=1S/C11H18N4O/c1-11(2)8-15(7-5-12-11)10(16)9-4-6-14(3)13-9/h4,6,12H,5,7-8H2,1-3H3. The van der Waals surface area contributed by atoms with E-state index in [1.54, 1.807) is 16.9 Å². The molecule has 88 valence electrons. The molecule has 2 heterocycles. The minimum absolute atomic E-state index is 0.0112. The number of aromatic nitrogens is 2. The Bertz CT molecular complexity index is 396. The third kappa shape index (κ3) is 2.24.